The second kappa shape index (κ2) is 5.44. The Morgan fingerprint density at radius 3 is 2.23 bits per heavy atom. The molecule has 3 rings (SSSR count). The Balaban J connectivity index is 2.05. The van der Waals surface area contributed by atoms with Crippen LogP contribution >= 0.6 is 15.9 Å². The lowest BCUT2D eigenvalue weighted by Crippen LogP contribution is -2.33. The van der Waals surface area contributed by atoms with Crippen LogP contribution in [0.5, 0.6) is 11.5 Å². The number of hydrogen-bond acceptors (Lipinski definition) is 3. The van der Waals surface area contributed by atoms with E-state index in [1.54, 1.807) is 0 Å². The molecule has 0 spiro atoms. The smallest absolute Gasteiger partial charge is 0.314 e. The average Bonchev–Trinajstić information content (AvgIpc) is 2.89. The first-order valence-electron chi connectivity index (χ1n) is 7.67. The lowest BCUT2D eigenvalue weighted by atomic mass is 9.79. The standard InChI is InChI=1S/C17H21BrO4/c1-16(2)9-21-13-7-11(12(18)8-14(13)22-10-16)17(15(19)20)5-3-4-6-17/h7-8H,3-6,9-10H2,1-2H3,(H,19,20). The molecule has 1 aliphatic carbocycles. The van der Waals surface area contributed by atoms with Crippen molar-refractivity contribution in [3.05, 3.63) is 22.2 Å². The Kier molecular flexibility index (Phi) is 3.87. The molecule has 0 aromatic heterocycles. The summed E-state index contributed by atoms with van der Waals surface area (Å²) in [6.45, 7) is 5.31. The molecule has 1 saturated carbocycles. The van der Waals surface area contributed by atoms with Crippen LogP contribution < -0.4 is 9.47 Å². The summed E-state index contributed by atoms with van der Waals surface area (Å²) in [6.07, 6.45) is 3.23. The number of hydrogen-bond donors (Lipinski definition) is 1. The quantitative estimate of drug-likeness (QED) is 0.851. The van der Waals surface area contributed by atoms with Crippen molar-refractivity contribution >= 4 is 21.9 Å². The van der Waals surface area contributed by atoms with Gasteiger partial charge in [-0.3, -0.25) is 4.79 Å². The number of carboxylic acid groups (broad SMARTS) is 1. The molecule has 5 heteroatoms. The van der Waals surface area contributed by atoms with Crippen LogP contribution in [0.4, 0.5) is 0 Å². The number of halogens is 1. The SMILES string of the molecule is CC1(C)COc2cc(Br)c(C3(C(=O)O)CCCC3)cc2OC1. The highest BCUT2D eigenvalue weighted by Crippen LogP contribution is 2.48. The number of rotatable bonds is 2. The van der Waals surface area contributed by atoms with Crippen LogP contribution in [0.1, 0.15) is 45.1 Å². The van der Waals surface area contributed by atoms with Crippen LogP contribution in [-0.4, -0.2) is 24.3 Å². The van der Waals surface area contributed by atoms with Gasteiger partial charge in [0.05, 0.1) is 18.6 Å². The van der Waals surface area contributed by atoms with E-state index in [4.69, 9.17) is 9.47 Å². The van der Waals surface area contributed by atoms with Gasteiger partial charge in [0.1, 0.15) is 0 Å². The van der Waals surface area contributed by atoms with E-state index in [1.165, 1.54) is 0 Å². The number of carboxylic acids is 1. The van der Waals surface area contributed by atoms with E-state index in [1.807, 2.05) is 12.1 Å². The van der Waals surface area contributed by atoms with Crippen LogP contribution in [0.2, 0.25) is 0 Å². The van der Waals surface area contributed by atoms with Gasteiger partial charge in [-0.1, -0.05) is 42.6 Å². The minimum absolute atomic E-state index is 0.0660. The Morgan fingerprint density at radius 1 is 1.14 bits per heavy atom. The van der Waals surface area contributed by atoms with Gasteiger partial charge in [0.2, 0.25) is 0 Å². The molecule has 0 atom stereocenters. The Bertz CT molecular complexity index is 603. The molecule has 0 unspecified atom stereocenters. The van der Waals surface area contributed by atoms with E-state index in [9.17, 15) is 9.90 Å². The van der Waals surface area contributed by atoms with Crippen molar-refractivity contribution < 1.29 is 19.4 Å². The Morgan fingerprint density at radius 2 is 1.68 bits per heavy atom. The minimum atomic E-state index is -0.807. The zero-order valence-corrected chi connectivity index (χ0v) is 14.5. The molecular weight excluding hydrogens is 348 g/mol. The minimum Gasteiger partial charge on any atom is -0.489 e. The fraction of sp³-hybridized carbons (Fsp3) is 0.588. The second-order valence-corrected chi connectivity index (χ2v) is 7.97. The van der Waals surface area contributed by atoms with E-state index in [0.29, 0.717) is 37.6 Å². The average molecular weight is 369 g/mol. The molecule has 0 amide bonds. The fourth-order valence-corrected chi connectivity index (χ4v) is 3.99. The van der Waals surface area contributed by atoms with Crippen LogP contribution in [0.25, 0.3) is 0 Å². The van der Waals surface area contributed by atoms with Crippen molar-refractivity contribution in [2.24, 2.45) is 5.41 Å². The molecule has 22 heavy (non-hydrogen) atoms. The maximum atomic E-state index is 11.9. The molecule has 1 heterocycles. The van der Waals surface area contributed by atoms with Crippen molar-refractivity contribution in [2.75, 3.05) is 13.2 Å². The molecule has 1 N–H and O–H groups in total. The fourth-order valence-electron chi connectivity index (χ4n) is 3.29. The van der Waals surface area contributed by atoms with E-state index in [-0.39, 0.29) is 5.41 Å². The summed E-state index contributed by atoms with van der Waals surface area (Å²) in [5.74, 6) is 0.580. The van der Waals surface area contributed by atoms with E-state index >= 15 is 0 Å². The molecule has 1 aromatic rings. The third-order valence-electron chi connectivity index (χ3n) is 4.65. The van der Waals surface area contributed by atoms with Gasteiger partial charge >= 0.3 is 5.97 Å². The maximum Gasteiger partial charge on any atom is 0.314 e. The van der Waals surface area contributed by atoms with Gasteiger partial charge in [0.25, 0.3) is 0 Å². The van der Waals surface area contributed by atoms with Gasteiger partial charge in [0, 0.05) is 9.89 Å². The van der Waals surface area contributed by atoms with Gasteiger partial charge in [-0.2, -0.15) is 0 Å². The normalized spacial score (nSPS) is 22.1. The molecule has 0 radical (unpaired) electrons. The maximum absolute atomic E-state index is 11.9. The van der Waals surface area contributed by atoms with Crippen molar-refractivity contribution in [3.63, 3.8) is 0 Å². The highest BCUT2D eigenvalue weighted by molar-refractivity contribution is 9.10. The molecule has 1 aromatic carbocycles. The lowest BCUT2D eigenvalue weighted by Gasteiger charge is -2.26. The van der Waals surface area contributed by atoms with Gasteiger partial charge in [-0.15, -0.1) is 0 Å². The number of fused-ring (bicyclic) bond motifs is 1. The van der Waals surface area contributed by atoms with Crippen molar-refractivity contribution in [3.8, 4) is 11.5 Å². The molecule has 0 saturated heterocycles. The van der Waals surface area contributed by atoms with Crippen LogP contribution in [0.15, 0.2) is 16.6 Å². The summed E-state index contributed by atoms with van der Waals surface area (Å²) in [4.78, 5) is 11.9. The summed E-state index contributed by atoms with van der Waals surface area (Å²) in [5, 5.41) is 9.79. The van der Waals surface area contributed by atoms with Crippen LogP contribution in [0.3, 0.4) is 0 Å². The molecule has 120 valence electrons. The molecule has 4 nitrogen and oxygen atoms in total. The zero-order chi connectivity index (χ0) is 16.0. The van der Waals surface area contributed by atoms with Gasteiger partial charge in [0.15, 0.2) is 11.5 Å². The predicted molar refractivity (Wildman–Crippen MR) is 86.7 cm³/mol. The Hall–Kier alpha value is -1.23. The highest BCUT2D eigenvalue weighted by Gasteiger charge is 2.45. The summed E-state index contributed by atoms with van der Waals surface area (Å²) in [6, 6.07) is 3.72. The zero-order valence-electron chi connectivity index (χ0n) is 12.9. The second-order valence-electron chi connectivity index (χ2n) is 7.11. The summed E-state index contributed by atoms with van der Waals surface area (Å²) >= 11 is 3.54. The van der Waals surface area contributed by atoms with Crippen molar-refractivity contribution in [2.45, 2.75) is 44.9 Å². The van der Waals surface area contributed by atoms with Crippen molar-refractivity contribution in [1.82, 2.24) is 0 Å². The van der Waals surface area contributed by atoms with E-state index in [2.05, 4.69) is 29.8 Å². The summed E-state index contributed by atoms with van der Waals surface area (Å²) < 4.78 is 12.5. The Labute approximate surface area is 138 Å². The van der Waals surface area contributed by atoms with Gasteiger partial charge in [-0.25, -0.2) is 0 Å². The van der Waals surface area contributed by atoms with Crippen LogP contribution in [0, 0.1) is 5.41 Å². The molecule has 1 aliphatic heterocycles. The third-order valence-corrected chi connectivity index (χ3v) is 5.31. The molecule has 1 fully saturated rings. The molecule has 2 aliphatic rings. The predicted octanol–water partition coefficient (Wildman–Crippen LogP) is 4.14. The molecular formula is C17H21BrO4. The van der Waals surface area contributed by atoms with Gasteiger partial charge < -0.3 is 14.6 Å². The topological polar surface area (TPSA) is 55.8 Å². The number of benzene rings is 1. The number of aliphatic carboxylic acids is 1. The van der Waals surface area contributed by atoms with E-state index in [0.717, 1.165) is 22.9 Å². The number of carbonyl (C=O) groups is 1. The van der Waals surface area contributed by atoms with Gasteiger partial charge in [-0.05, 0) is 30.5 Å². The first-order chi connectivity index (χ1) is 10.3. The van der Waals surface area contributed by atoms with Crippen LogP contribution in [-0.2, 0) is 10.2 Å². The summed E-state index contributed by atoms with van der Waals surface area (Å²) in [7, 11) is 0. The highest BCUT2D eigenvalue weighted by atomic mass is 79.9. The third kappa shape index (κ3) is 2.60. The first-order valence-corrected chi connectivity index (χ1v) is 8.46. The van der Waals surface area contributed by atoms with E-state index < -0.39 is 11.4 Å². The number of ether oxygens (including phenoxy) is 2. The first kappa shape index (κ1) is 15.7. The monoisotopic (exact) mass is 368 g/mol. The molecule has 0 bridgehead atoms. The summed E-state index contributed by atoms with van der Waals surface area (Å²) in [5.41, 5.74) is -0.0673. The largest absolute Gasteiger partial charge is 0.489 e. The van der Waals surface area contributed by atoms with Crippen molar-refractivity contribution in [1.29, 1.82) is 0 Å². The lowest BCUT2D eigenvalue weighted by molar-refractivity contribution is -0.143.